The summed E-state index contributed by atoms with van der Waals surface area (Å²) in [5, 5.41) is 0.772. The van der Waals surface area contributed by atoms with E-state index >= 15 is 0 Å². The number of amides is 1. The second-order valence-corrected chi connectivity index (χ2v) is 8.31. The molecule has 0 radical (unpaired) electrons. The van der Waals surface area contributed by atoms with Gasteiger partial charge in [-0.2, -0.15) is 0 Å². The Balaban J connectivity index is 1.96. The highest BCUT2D eigenvalue weighted by Crippen LogP contribution is 2.19. The normalized spacial score (nSPS) is 11.0. The first-order chi connectivity index (χ1) is 14.7. The van der Waals surface area contributed by atoms with Gasteiger partial charge in [-0.25, -0.2) is 0 Å². The molecule has 1 amide bonds. The van der Waals surface area contributed by atoms with Crippen molar-refractivity contribution in [2.75, 3.05) is 20.3 Å². The van der Waals surface area contributed by atoms with Gasteiger partial charge in [0.25, 0.3) is 0 Å². The highest BCUT2D eigenvalue weighted by atomic mass is 35.5. The molecule has 0 spiro atoms. The number of methoxy groups -OCH3 is 1. The Labute approximate surface area is 187 Å². The van der Waals surface area contributed by atoms with Crippen LogP contribution in [0.1, 0.15) is 69.5 Å². The lowest BCUT2D eigenvalue weighted by Gasteiger charge is -2.24. The molecule has 1 aromatic carbocycles. The molecule has 1 heterocycles. The molecule has 0 aliphatic rings. The Bertz CT molecular complexity index is 744. The van der Waals surface area contributed by atoms with Gasteiger partial charge in [0.05, 0.1) is 6.54 Å². The smallest absolute Gasteiger partial charge is 0.222 e. The van der Waals surface area contributed by atoms with Crippen LogP contribution in [0.3, 0.4) is 0 Å². The minimum absolute atomic E-state index is 0.243. The standard InChI is InChI=1S/C25H37ClN2O2/c1-3-4-5-6-7-8-16-25(29)28(18-12-19-30-2)21-23-14-11-17-27(23)20-22-13-9-10-15-24(22)26/h9-11,13-15,17H,3-8,12,16,18-21H2,1-2H3. The van der Waals surface area contributed by atoms with Crippen LogP contribution >= 0.6 is 11.6 Å². The molecule has 0 fully saturated rings. The van der Waals surface area contributed by atoms with E-state index in [9.17, 15) is 4.79 Å². The van der Waals surface area contributed by atoms with E-state index in [-0.39, 0.29) is 5.91 Å². The van der Waals surface area contributed by atoms with Crippen LogP contribution in [0.4, 0.5) is 0 Å². The minimum Gasteiger partial charge on any atom is -0.385 e. The average Bonchev–Trinajstić information content (AvgIpc) is 3.18. The number of ether oxygens (including phenoxy) is 1. The molecule has 2 rings (SSSR count). The largest absolute Gasteiger partial charge is 0.385 e. The Hall–Kier alpha value is -1.78. The number of hydrogen-bond donors (Lipinski definition) is 0. The van der Waals surface area contributed by atoms with Crippen molar-refractivity contribution >= 4 is 17.5 Å². The third kappa shape index (κ3) is 8.53. The Kier molecular flexibility index (Phi) is 11.6. The van der Waals surface area contributed by atoms with E-state index in [0.717, 1.165) is 42.1 Å². The van der Waals surface area contributed by atoms with Gasteiger partial charge in [0, 0.05) is 50.1 Å². The van der Waals surface area contributed by atoms with Crippen LogP contribution in [0.25, 0.3) is 0 Å². The van der Waals surface area contributed by atoms with E-state index in [1.807, 2.05) is 35.2 Å². The van der Waals surface area contributed by atoms with Crippen LogP contribution in [0.5, 0.6) is 0 Å². The number of carbonyl (C=O) groups is 1. The molecule has 166 valence electrons. The molecule has 0 bridgehead atoms. The third-order valence-electron chi connectivity index (χ3n) is 5.45. The van der Waals surface area contributed by atoms with Crippen molar-refractivity contribution in [1.29, 1.82) is 0 Å². The van der Waals surface area contributed by atoms with Crippen molar-refractivity contribution < 1.29 is 9.53 Å². The molecule has 2 aromatic rings. The van der Waals surface area contributed by atoms with E-state index in [1.165, 1.54) is 25.7 Å². The molecule has 0 aliphatic heterocycles. The SMILES string of the molecule is CCCCCCCCC(=O)N(CCCOC)Cc1cccn1Cc1ccccc1Cl. The summed E-state index contributed by atoms with van der Waals surface area (Å²) < 4.78 is 7.38. The lowest BCUT2D eigenvalue weighted by Crippen LogP contribution is -2.32. The molecule has 0 unspecified atom stereocenters. The van der Waals surface area contributed by atoms with Crippen molar-refractivity contribution in [2.45, 2.75) is 71.4 Å². The second-order valence-electron chi connectivity index (χ2n) is 7.90. The third-order valence-corrected chi connectivity index (χ3v) is 5.82. The van der Waals surface area contributed by atoms with Crippen molar-refractivity contribution in [3.8, 4) is 0 Å². The maximum atomic E-state index is 12.9. The molecule has 1 aromatic heterocycles. The monoisotopic (exact) mass is 432 g/mol. The van der Waals surface area contributed by atoms with E-state index < -0.39 is 0 Å². The number of halogens is 1. The Morgan fingerprint density at radius 1 is 1.03 bits per heavy atom. The van der Waals surface area contributed by atoms with Gasteiger partial charge in [-0.1, -0.05) is 68.8 Å². The summed E-state index contributed by atoms with van der Waals surface area (Å²) in [6, 6.07) is 12.1. The molecular weight excluding hydrogens is 396 g/mol. The van der Waals surface area contributed by atoms with Crippen molar-refractivity contribution in [1.82, 2.24) is 9.47 Å². The van der Waals surface area contributed by atoms with Gasteiger partial charge in [0.2, 0.25) is 5.91 Å². The van der Waals surface area contributed by atoms with Gasteiger partial charge in [-0.15, -0.1) is 0 Å². The Morgan fingerprint density at radius 2 is 1.80 bits per heavy atom. The topological polar surface area (TPSA) is 34.5 Å². The summed E-state index contributed by atoms with van der Waals surface area (Å²) in [5.74, 6) is 0.243. The molecule has 5 heteroatoms. The van der Waals surface area contributed by atoms with E-state index in [1.54, 1.807) is 7.11 Å². The van der Waals surface area contributed by atoms with Crippen LogP contribution < -0.4 is 0 Å². The first-order valence-electron chi connectivity index (χ1n) is 11.3. The summed E-state index contributed by atoms with van der Waals surface area (Å²) in [5.41, 5.74) is 2.21. The number of aromatic nitrogens is 1. The van der Waals surface area contributed by atoms with Gasteiger partial charge < -0.3 is 14.2 Å². The number of nitrogens with zero attached hydrogens (tertiary/aromatic N) is 2. The number of benzene rings is 1. The lowest BCUT2D eigenvalue weighted by molar-refractivity contribution is -0.132. The summed E-state index contributed by atoms with van der Waals surface area (Å²) >= 11 is 6.35. The van der Waals surface area contributed by atoms with Crippen molar-refractivity contribution in [3.63, 3.8) is 0 Å². The second kappa shape index (κ2) is 14.3. The Morgan fingerprint density at radius 3 is 2.57 bits per heavy atom. The molecule has 0 aliphatic carbocycles. The molecule has 0 saturated carbocycles. The van der Waals surface area contributed by atoms with Crippen LogP contribution in [0.15, 0.2) is 42.6 Å². The zero-order chi connectivity index (χ0) is 21.6. The first-order valence-corrected chi connectivity index (χ1v) is 11.7. The summed E-state index contributed by atoms with van der Waals surface area (Å²) in [6.45, 7) is 4.94. The maximum Gasteiger partial charge on any atom is 0.222 e. The molecule has 0 atom stereocenters. The molecule has 0 saturated heterocycles. The lowest BCUT2D eigenvalue weighted by atomic mass is 10.1. The highest BCUT2D eigenvalue weighted by Gasteiger charge is 2.16. The molecule has 4 nitrogen and oxygen atoms in total. The van der Waals surface area contributed by atoms with Crippen LogP contribution in [-0.2, 0) is 22.6 Å². The molecule has 0 N–H and O–H groups in total. The first kappa shape index (κ1) is 24.5. The van der Waals surface area contributed by atoms with Gasteiger partial charge in [-0.3, -0.25) is 4.79 Å². The fourth-order valence-electron chi connectivity index (χ4n) is 3.66. The van der Waals surface area contributed by atoms with Gasteiger partial charge >= 0.3 is 0 Å². The number of unbranched alkanes of at least 4 members (excludes halogenated alkanes) is 5. The van der Waals surface area contributed by atoms with Gasteiger partial charge in [0.1, 0.15) is 0 Å². The quantitative estimate of drug-likeness (QED) is 0.309. The van der Waals surface area contributed by atoms with Crippen molar-refractivity contribution in [2.24, 2.45) is 0 Å². The van der Waals surface area contributed by atoms with Gasteiger partial charge in [-0.05, 0) is 36.6 Å². The minimum atomic E-state index is 0.243. The van der Waals surface area contributed by atoms with E-state index in [0.29, 0.717) is 26.1 Å². The van der Waals surface area contributed by atoms with Crippen LogP contribution in [0.2, 0.25) is 5.02 Å². The van der Waals surface area contributed by atoms with E-state index in [2.05, 4.69) is 23.8 Å². The zero-order valence-electron chi connectivity index (χ0n) is 18.6. The fourth-order valence-corrected chi connectivity index (χ4v) is 3.85. The fraction of sp³-hybridized carbons (Fsp3) is 0.560. The average molecular weight is 433 g/mol. The molecular formula is C25H37ClN2O2. The van der Waals surface area contributed by atoms with E-state index in [4.69, 9.17) is 16.3 Å². The van der Waals surface area contributed by atoms with Crippen LogP contribution in [0, 0.1) is 0 Å². The zero-order valence-corrected chi connectivity index (χ0v) is 19.4. The summed E-state index contributed by atoms with van der Waals surface area (Å²) in [4.78, 5) is 14.9. The summed E-state index contributed by atoms with van der Waals surface area (Å²) in [7, 11) is 1.71. The number of rotatable bonds is 15. The predicted octanol–water partition coefficient (Wildman–Crippen LogP) is 6.31. The van der Waals surface area contributed by atoms with Crippen LogP contribution in [-0.4, -0.2) is 35.6 Å². The highest BCUT2D eigenvalue weighted by molar-refractivity contribution is 6.31. The number of carbonyl (C=O) groups excluding carboxylic acids is 1. The predicted molar refractivity (Wildman–Crippen MR) is 125 cm³/mol. The molecule has 30 heavy (non-hydrogen) atoms. The summed E-state index contributed by atoms with van der Waals surface area (Å²) in [6.07, 6.45) is 10.7. The maximum absolute atomic E-state index is 12.9. The van der Waals surface area contributed by atoms with Crippen molar-refractivity contribution in [3.05, 3.63) is 58.9 Å². The van der Waals surface area contributed by atoms with Gasteiger partial charge in [0.15, 0.2) is 0 Å². The number of hydrogen-bond acceptors (Lipinski definition) is 2.